The molecular weight excluding hydrogens is 454 g/mol. The van der Waals surface area contributed by atoms with Gasteiger partial charge in [0.15, 0.2) is 0 Å². The highest BCUT2D eigenvalue weighted by Gasteiger charge is 2.40. The molecule has 0 bridgehead atoms. The molecule has 2 aliphatic heterocycles. The zero-order valence-corrected chi connectivity index (χ0v) is 20.4. The summed E-state index contributed by atoms with van der Waals surface area (Å²) in [5.74, 6) is 0.190. The molecule has 0 aromatic heterocycles. The molecule has 0 aliphatic carbocycles. The Morgan fingerprint density at radius 2 is 1.94 bits per heavy atom. The van der Waals surface area contributed by atoms with Crippen LogP contribution in [0.2, 0.25) is 5.02 Å². The molecular formula is C26H30ClN3O4. The molecule has 0 radical (unpaired) electrons. The Hall–Kier alpha value is -3.06. The van der Waals surface area contributed by atoms with Crippen molar-refractivity contribution in [1.29, 1.82) is 0 Å². The summed E-state index contributed by atoms with van der Waals surface area (Å²) in [6.07, 6.45) is 2.56. The van der Waals surface area contributed by atoms with Gasteiger partial charge >= 0.3 is 0 Å². The van der Waals surface area contributed by atoms with Crippen molar-refractivity contribution in [3.8, 4) is 16.9 Å². The molecule has 180 valence electrons. The van der Waals surface area contributed by atoms with E-state index in [9.17, 15) is 14.4 Å². The van der Waals surface area contributed by atoms with Gasteiger partial charge in [-0.1, -0.05) is 31.5 Å². The van der Waals surface area contributed by atoms with E-state index in [1.807, 2.05) is 19.9 Å². The highest BCUT2D eigenvalue weighted by atomic mass is 35.5. The monoisotopic (exact) mass is 483 g/mol. The predicted molar refractivity (Wildman–Crippen MR) is 132 cm³/mol. The minimum Gasteiger partial charge on any atom is -0.496 e. The van der Waals surface area contributed by atoms with Crippen molar-refractivity contribution in [2.24, 2.45) is 5.92 Å². The molecule has 2 aliphatic rings. The molecule has 7 nitrogen and oxygen atoms in total. The van der Waals surface area contributed by atoms with E-state index in [1.54, 1.807) is 42.3 Å². The number of ether oxygens (including phenoxy) is 1. The molecule has 3 amide bonds. The van der Waals surface area contributed by atoms with Crippen molar-refractivity contribution in [1.82, 2.24) is 10.2 Å². The standard InChI is InChI=1S/C26H30ClN3O4/c1-4-15(5-2)24(31)28-18-10-11-30-22(14-18)25(32)29-21-8-6-16(12-20(21)26(30)33)19-13-17(27)7-9-23(19)34-3/h6-9,12-13,15,18,22H,4-5,10-11,14H2,1-3H3,(H,28,31)(H,29,32)/t18-,22-/m0/s1. The number of hydrogen-bond donors (Lipinski definition) is 2. The van der Waals surface area contributed by atoms with E-state index in [2.05, 4.69) is 10.6 Å². The van der Waals surface area contributed by atoms with Gasteiger partial charge in [-0.15, -0.1) is 0 Å². The average Bonchev–Trinajstić information content (AvgIpc) is 2.94. The fourth-order valence-electron chi connectivity index (χ4n) is 4.84. The van der Waals surface area contributed by atoms with E-state index in [-0.39, 0.29) is 29.7 Å². The summed E-state index contributed by atoms with van der Waals surface area (Å²) in [7, 11) is 1.58. The van der Waals surface area contributed by atoms with E-state index in [1.165, 1.54) is 0 Å². The number of rotatable bonds is 6. The summed E-state index contributed by atoms with van der Waals surface area (Å²) in [5.41, 5.74) is 2.44. The number of piperidine rings is 1. The fraction of sp³-hybridized carbons (Fsp3) is 0.423. The minimum atomic E-state index is -0.634. The summed E-state index contributed by atoms with van der Waals surface area (Å²) >= 11 is 6.20. The van der Waals surface area contributed by atoms with E-state index in [0.717, 1.165) is 24.0 Å². The Morgan fingerprint density at radius 3 is 2.65 bits per heavy atom. The zero-order valence-electron chi connectivity index (χ0n) is 19.7. The second-order valence-corrected chi connectivity index (χ2v) is 9.29. The number of carbonyl (C=O) groups excluding carboxylic acids is 3. The van der Waals surface area contributed by atoms with Crippen molar-refractivity contribution >= 4 is 35.0 Å². The molecule has 34 heavy (non-hydrogen) atoms. The van der Waals surface area contributed by atoms with Gasteiger partial charge in [-0.2, -0.15) is 0 Å². The molecule has 1 saturated heterocycles. The number of amides is 3. The lowest BCUT2D eigenvalue weighted by atomic mass is 9.94. The Bertz CT molecular complexity index is 1120. The molecule has 1 fully saturated rings. The van der Waals surface area contributed by atoms with Crippen LogP contribution in [0.5, 0.6) is 5.75 Å². The van der Waals surface area contributed by atoms with E-state index in [4.69, 9.17) is 16.3 Å². The largest absolute Gasteiger partial charge is 0.496 e. The van der Waals surface area contributed by atoms with E-state index < -0.39 is 6.04 Å². The number of nitrogens with one attached hydrogen (secondary N) is 2. The van der Waals surface area contributed by atoms with Crippen LogP contribution in [-0.2, 0) is 9.59 Å². The number of nitrogens with zero attached hydrogens (tertiary/aromatic N) is 1. The van der Waals surface area contributed by atoms with Crippen molar-refractivity contribution < 1.29 is 19.1 Å². The van der Waals surface area contributed by atoms with Gasteiger partial charge < -0.3 is 20.3 Å². The lowest BCUT2D eigenvalue weighted by Gasteiger charge is -2.37. The molecule has 2 aromatic rings. The van der Waals surface area contributed by atoms with Crippen molar-refractivity contribution in [3.05, 3.63) is 47.0 Å². The number of carbonyl (C=O) groups is 3. The minimum absolute atomic E-state index is 0.0206. The third-order valence-electron chi connectivity index (χ3n) is 6.85. The highest BCUT2D eigenvalue weighted by Crippen LogP contribution is 2.36. The summed E-state index contributed by atoms with van der Waals surface area (Å²) < 4.78 is 5.47. The molecule has 0 unspecified atom stereocenters. The van der Waals surface area contributed by atoms with E-state index in [0.29, 0.717) is 41.4 Å². The molecule has 0 saturated carbocycles. The summed E-state index contributed by atoms with van der Waals surface area (Å²) in [5, 5.41) is 6.57. The van der Waals surface area contributed by atoms with Gasteiger partial charge in [-0.25, -0.2) is 0 Å². The first-order valence-corrected chi connectivity index (χ1v) is 12.1. The molecule has 2 aromatic carbocycles. The summed E-state index contributed by atoms with van der Waals surface area (Å²) in [4.78, 5) is 40.8. The van der Waals surface area contributed by atoms with Gasteiger partial charge in [0.05, 0.1) is 18.4 Å². The lowest BCUT2D eigenvalue weighted by molar-refractivity contribution is -0.127. The van der Waals surface area contributed by atoms with Gasteiger partial charge in [0.25, 0.3) is 5.91 Å². The Balaban J connectivity index is 1.60. The molecule has 0 spiro atoms. The normalized spacial score (nSPS) is 19.7. The number of methoxy groups -OCH3 is 1. The van der Waals surface area contributed by atoms with Crippen LogP contribution < -0.4 is 15.4 Å². The van der Waals surface area contributed by atoms with Crippen LogP contribution in [0.3, 0.4) is 0 Å². The smallest absolute Gasteiger partial charge is 0.256 e. The van der Waals surface area contributed by atoms with E-state index >= 15 is 0 Å². The molecule has 2 heterocycles. The van der Waals surface area contributed by atoms with Crippen LogP contribution in [-0.4, -0.2) is 48.4 Å². The van der Waals surface area contributed by atoms with Crippen molar-refractivity contribution in [3.63, 3.8) is 0 Å². The SMILES string of the molecule is CCC(CC)C(=O)N[C@H]1CCN2C(=O)c3cc(-c4cc(Cl)ccc4OC)ccc3NC(=O)[C@@H]2C1. The maximum Gasteiger partial charge on any atom is 0.256 e. The molecule has 8 heteroatoms. The van der Waals surface area contributed by atoms with Crippen LogP contribution in [0.25, 0.3) is 11.1 Å². The van der Waals surface area contributed by atoms with Crippen LogP contribution in [0.15, 0.2) is 36.4 Å². The average molecular weight is 484 g/mol. The third kappa shape index (κ3) is 4.62. The molecule has 2 atom stereocenters. The second-order valence-electron chi connectivity index (χ2n) is 8.85. The first-order valence-electron chi connectivity index (χ1n) is 11.8. The maximum atomic E-state index is 13.5. The van der Waals surface area contributed by atoms with Crippen molar-refractivity contribution in [2.45, 2.75) is 51.6 Å². The Kier molecular flexibility index (Phi) is 7.12. The van der Waals surface area contributed by atoms with Gasteiger partial charge in [0, 0.05) is 29.1 Å². The third-order valence-corrected chi connectivity index (χ3v) is 7.08. The maximum absolute atomic E-state index is 13.5. The number of fused-ring (bicyclic) bond motifs is 2. The lowest BCUT2D eigenvalue weighted by Crippen LogP contribution is -2.55. The zero-order chi connectivity index (χ0) is 24.4. The van der Waals surface area contributed by atoms with Crippen LogP contribution in [0, 0.1) is 5.92 Å². The fourth-order valence-corrected chi connectivity index (χ4v) is 5.01. The first kappa shape index (κ1) is 24.1. The highest BCUT2D eigenvalue weighted by molar-refractivity contribution is 6.31. The predicted octanol–water partition coefficient (Wildman–Crippen LogP) is 4.49. The van der Waals surface area contributed by atoms with Gasteiger partial charge in [0.1, 0.15) is 11.8 Å². The van der Waals surface area contributed by atoms with Gasteiger partial charge in [0.2, 0.25) is 11.8 Å². The van der Waals surface area contributed by atoms with Crippen LogP contribution >= 0.6 is 11.6 Å². The van der Waals surface area contributed by atoms with Gasteiger partial charge in [-0.05, 0) is 61.6 Å². The van der Waals surface area contributed by atoms with Crippen LogP contribution in [0.1, 0.15) is 49.9 Å². The van der Waals surface area contributed by atoms with Gasteiger partial charge in [-0.3, -0.25) is 14.4 Å². The molecule has 4 rings (SSSR count). The Morgan fingerprint density at radius 1 is 1.18 bits per heavy atom. The molecule has 2 N–H and O–H groups in total. The second kappa shape index (κ2) is 10.1. The number of hydrogen-bond acceptors (Lipinski definition) is 4. The topological polar surface area (TPSA) is 87.7 Å². The first-order chi connectivity index (χ1) is 16.4. The number of halogens is 1. The Labute approximate surface area is 204 Å². The summed E-state index contributed by atoms with van der Waals surface area (Å²) in [6.45, 7) is 4.39. The number of anilines is 1. The van der Waals surface area contributed by atoms with Crippen LogP contribution in [0.4, 0.5) is 5.69 Å². The quantitative estimate of drug-likeness (QED) is 0.633. The summed E-state index contributed by atoms with van der Waals surface area (Å²) in [6, 6.07) is 9.90. The van der Waals surface area contributed by atoms with Crippen molar-refractivity contribution in [2.75, 3.05) is 19.0 Å². The number of benzene rings is 2.